The number of piperidine rings is 1. The van der Waals surface area contributed by atoms with Gasteiger partial charge in [0.2, 0.25) is 11.8 Å². The molecule has 7 atom stereocenters. The molecule has 8 heteroatoms. The molecule has 3 aliphatic carbocycles. The maximum atomic E-state index is 13.6. The summed E-state index contributed by atoms with van der Waals surface area (Å²) in [4.78, 5) is 52.1. The molecule has 0 radical (unpaired) electrons. The van der Waals surface area contributed by atoms with Gasteiger partial charge in [-0.3, -0.25) is 29.4 Å². The van der Waals surface area contributed by atoms with Crippen molar-refractivity contribution in [1.82, 2.24) is 10.2 Å². The number of benzene rings is 1. The Bertz CT molecular complexity index is 1160. The van der Waals surface area contributed by atoms with Crippen molar-refractivity contribution in [2.75, 3.05) is 0 Å². The van der Waals surface area contributed by atoms with Crippen molar-refractivity contribution >= 4 is 23.4 Å². The van der Waals surface area contributed by atoms with Crippen LogP contribution in [0.1, 0.15) is 96.3 Å². The summed E-state index contributed by atoms with van der Waals surface area (Å²) in [7, 11) is 0. The van der Waals surface area contributed by atoms with E-state index in [2.05, 4.69) is 19.2 Å². The summed E-state index contributed by atoms with van der Waals surface area (Å²) in [6.07, 6.45) is 6.84. The van der Waals surface area contributed by atoms with E-state index in [-0.39, 0.29) is 51.7 Å². The van der Waals surface area contributed by atoms with Gasteiger partial charge in [-0.1, -0.05) is 13.8 Å². The molecule has 0 spiro atoms. The van der Waals surface area contributed by atoms with Crippen LogP contribution in [0.2, 0.25) is 0 Å². The van der Waals surface area contributed by atoms with Crippen LogP contribution in [0, 0.1) is 44.6 Å². The zero-order valence-corrected chi connectivity index (χ0v) is 23.3. The molecule has 8 nitrogen and oxygen atoms in total. The Kier molecular flexibility index (Phi) is 6.47. The summed E-state index contributed by atoms with van der Waals surface area (Å²) in [6, 6.07) is 5.40. The van der Waals surface area contributed by atoms with E-state index in [9.17, 15) is 24.5 Å². The molecule has 1 heterocycles. The van der Waals surface area contributed by atoms with E-state index in [1.54, 1.807) is 0 Å². The maximum Gasteiger partial charge on any atom is 0.269 e. The quantitative estimate of drug-likeness (QED) is 0.320. The average Bonchev–Trinajstić information content (AvgIpc) is 3.20. The highest BCUT2D eigenvalue weighted by molar-refractivity contribution is 6.05. The lowest BCUT2D eigenvalue weighted by molar-refractivity contribution is -0.384. The number of amides is 3. The molecule has 38 heavy (non-hydrogen) atoms. The molecule has 3 amide bonds. The molecule has 1 aliphatic heterocycles. The first-order valence-corrected chi connectivity index (χ1v) is 14.2. The maximum absolute atomic E-state index is 13.6. The number of carbonyl (C=O) groups is 3. The third-order valence-electron chi connectivity index (χ3n) is 10.6. The van der Waals surface area contributed by atoms with Gasteiger partial charge in [-0.25, -0.2) is 0 Å². The van der Waals surface area contributed by atoms with Crippen LogP contribution in [0.25, 0.3) is 0 Å². The van der Waals surface area contributed by atoms with Crippen LogP contribution in [0.15, 0.2) is 24.3 Å². The fourth-order valence-corrected chi connectivity index (χ4v) is 8.89. The van der Waals surface area contributed by atoms with Crippen LogP contribution in [-0.4, -0.2) is 39.1 Å². The number of non-ortho nitro benzene ring substituents is 1. The van der Waals surface area contributed by atoms with Gasteiger partial charge in [0.05, 0.1) is 4.92 Å². The van der Waals surface area contributed by atoms with Crippen molar-refractivity contribution in [2.24, 2.45) is 34.5 Å². The summed E-state index contributed by atoms with van der Waals surface area (Å²) in [5.74, 6) is 1.10. The molecule has 4 fully saturated rings. The average molecular weight is 524 g/mol. The second kappa shape index (κ2) is 9.16. The number of nitrogens with zero attached hydrogens (tertiary/aromatic N) is 2. The van der Waals surface area contributed by atoms with Gasteiger partial charge in [0, 0.05) is 41.6 Å². The van der Waals surface area contributed by atoms with Crippen molar-refractivity contribution in [3.63, 3.8) is 0 Å². The Morgan fingerprint density at radius 3 is 2.26 bits per heavy atom. The monoisotopic (exact) mass is 523 g/mol. The van der Waals surface area contributed by atoms with Crippen LogP contribution in [0.4, 0.5) is 5.69 Å². The van der Waals surface area contributed by atoms with Crippen molar-refractivity contribution in [3.8, 4) is 0 Å². The van der Waals surface area contributed by atoms with E-state index in [1.165, 1.54) is 29.2 Å². The lowest BCUT2D eigenvalue weighted by Gasteiger charge is -2.61. The Labute approximate surface area is 225 Å². The Balaban J connectivity index is 1.38. The third-order valence-corrected chi connectivity index (χ3v) is 10.6. The predicted molar refractivity (Wildman–Crippen MR) is 143 cm³/mol. The molecule has 3 saturated carbocycles. The van der Waals surface area contributed by atoms with Crippen molar-refractivity contribution < 1.29 is 19.3 Å². The fraction of sp³-hybridized carbons (Fsp3) is 0.700. The summed E-state index contributed by atoms with van der Waals surface area (Å²) in [6.45, 7) is 10.7. The summed E-state index contributed by atoms with van der Waals surface area (Å²) in [5, 5.41) is 14.3. The molecule has 1 saturated heterocycles. The molecule has 4 unspecified atom stereocenters. The summed E-state index contributed by atoms with van der Waals surface area (Å²) >= 11 is 0. The second-order valence-corrected chi connectivity index (χ2v) is 13.8. The van der Waals surface area contributed by atoms with Crippen LogP contribution in [-0.2, 0) is 9.59 Å². The summed E-state index contributed by atoms with van der Waals surface area (Å²) in [5.41, 5.74) is -0.190. The molecule has 1 aromatic carbocycles. The predicted octanol–water partition coefficient (Wildman–Crippen LogP) is 5.50. The Morgan fingerprint density at radius 2 is 1.63 bits per heavy atom. The second-order valence-electron chi connectivity index (χ2n) is 13.8. The highest BCUT2D eigenvalue weighted by Crippen LogP contribution is 2.66. The number of nitro benzene ring substituents is 1. The minimum absolute atomic E-state index is 0.0154. The minimum Gasteiger partial charge on any atom is -0.351 e. The van der Waals surface area contributed by atoms with E-state index in [0.29, 0.717) is 29.7 Å². The molecular weight excluding hydrogens is 482 g/mol. The van der Waals surface area contributed by atoms with Crippen molar-refractivity contribution in [1.29, 1.82) is 0 Å². The number of imide groups is 1. The zero-order chi connectivity index (χ0) is 27.6. The van der Waals surface area contributed by atoms with Gasteiger partial charge in [0.25, 0.3) is 11.6 Å². The highest BCUT2D eigenvalue weighted by atomic mass is 16.6. The molecule has 0 bridgehead atoms. The van der Waals surface area contributed by atoms with Crippen LogP contribution >= 0.6 is 0 Å². The van der Waals surface area contributed by atoms with Crippen LogP contribution in [0.5, 0.6) is 0 Å². The number of nitrogens with one attached hydrogen (secondary N) is 1. The largest absolute Gasteiger partial charge is 0.351 e. The number of hydrogen-bond acceptors (Lipinski definition) is 5. The number of fused-ring (bicyclic) bond motifs is 5. The highest BCUT2D eigenvalue weighted by Gasteiger charge is 2.63. The van der Waals surface area contributed by atoms with Crippen molar-refractivity contribution in [2.45, 2.75) is 97.6 Å². The number of carbonyl (C=O) groups excluding carboxylic acids is 3. The number of likely N-dealkylation sites (tertiary alicyclic amines) is 1. The molecule has 0 aromatic heterocycles. The van der Waals surface area contributed by atoms with Crippen LogP contribution < -0.4 is 5.32 Å². The number of rotatable bonds is 3. The zero-order valence-electron chi connectivity index (χ0n) is 23.3. The van der Waals surface area contributed by atoms with Gasteiger partial charge in [0.1, 0.15) is 0 Å². The Hall–Kier alpha value is -2.77. The third kappa shape index (κ3) is 4.24. The van der Waals surface area contributed by atoms with E-state index in [0.717, 1.165) is 44.9 Å². The van der Waals surface area contributed by atoms with Gasteiger partial charge in [-0.15, -0.1) is 0 Å². The van der Waals surface area contributed by atoms with Crippen molar-refractivity contribution in [3.05, 3.63) is 39.9 Å². The van der Waals surface area contributed by atoms with Gasteiger partial charge < -0.3 is 5.32 Å². The first kappa shape index (κ1) is 26.8. The molecule has 4 aliphatic rings. The molecule has 1 N–H and O–H groups in total. The molecular formula is C30H41N3O5. The molecule has 206 valence electrons. The normalized spacial score (nSPS) is 36.6. The minimum atomic E-state index is -0.490. The molecule has 5 rings (SSSR count). The van der Waals surface area contributed by atoms with Gasteiger partial charge in [0.15, 0.2) is 0 Å². The van der Waals surface area contributed by atoms with Gasteiger partial charge >= 0.3 is 0 Å². The number of nitro groups is 1. The topological polar surface area (TPSA) is 110 Å². The molecule has 1 aromatic rings. The first-order valence-electron chi connectivity index (χ1n) is 14.2. The van der Waals surface area contributed by atoms with E-state index < -0.39 is 4.92 Å². The SMILES string of the molecule is CC(C)(C)NC(=O)C1CCC2C3CC[C@H]4N(C(=O)c5ccc([N+](=O)[O-])cc5)C(=O)CC[C@]4(C)C3CC[C@]12C. The summed E-state index contributed by atoms with van der Waals surface area (Å²) < 4.78 is 0. The van der Waals surface area contributed by atoms with E-state index in [4.69, 9.17) is 0 Å². The van der Waals surface area contributed by atoms with Crippen LogP contribution in [0.3, 0.4) is 0 Å². The van der Waals surface area contributed by atoms with E-state index >= 15 is 0 Å². The van der Waals surface area contributed by atoms with E-state index in [1.807, 2.05) is 20.8 Å². The Morgan fingerprint density at radius 1 is 0.974 bits per heavy atom. The standard InChI is InChI=1S/C30H41N3O5/c1-28(2,3)31-26(35)23-12-11-21-20-10-13-24-30(5,22(20)14-16-29(21,23)4)17-15-25(34)32(24)27(36)18-6-8-19(9-7-18)33(37)38/h6-9,20-24H,10-17H2,1-5H3,(H,31,35)/t20?,21?,22?,23?,24-,29+,30-/m1/s1. The first-order chi connectivity index (χ1) is 17.8. The van der Waals surface area contributed by atoms with Gasteiger partial charge in [-0.2, -0.15) is 0 Å². The number of hydrogen-bond donors (Lipinski definition) is 1. The smallest absolute Gasteiger partial charge is 0.269 e. The van der Waals surface area contributed by atoms with Gasteiger partial charge in [-0.05, 0) is 106 Å². The lowest BCUT2D eigenvalue weighted by atomic mass is 9.46. The fourth-order valence-electron chi connectivity index (χ4n) is 8.89. The lowest BCUT2D eigenvalue weighted by Crippen LogP contribution is -2.63.